The number of carbonyl (C=O) groups is 1. The molecule has 1 aromatic carbocycles. The van der Waals surface area contributed by atoms with Gasteiger partial charge < -0.3 is 5.11 Å². The Hall–Kier alpha value is -0.960. The van der Waals surface area contributed by atoms with Crippen LogP contribution in [-0.4, -0.2) is 16.8 Å². The van der Waals surface area contributed by atoms with Gasteiger partial charge in [0.2, 0.25) is 0 Å². The van der Waals surface area contributed by atoms with Gasteiger partial charge in [0.1, 0.15) is 0 Å². The highest BCUT2D eigenvalue weighted by molar-refractivity contribution is 7.98. The molecule has 104 valence electrons. The van der Waals surface area contributed by atoms with E-state index in [1.54, 1.807) is 6.92 Å². The van der Waals surface area contributed by atoms with E-state index in [2.05, 4.69) is 12.1 Å². The number of aliphatic carboxylic acids is 1. The van der Waals surface area contributed by atoms with Gasteiger partial charge >= 0.3 is 5.97 Å². The second-order valence-electron chi connectivity index (χ2n) is 5.47. The third kappa shape index (κ3) is 4.27. The molecular weight excluding hydrogens is 256 g/mol. The van der Waals surface area contributed by atoms with Gasteiger partial charge in [0.25, 0.3) is 0 Å². The van der Waals surface area contributed by atoms with E-state index in [1.807, 2.05) is 23.9 Å². The Bertz CT molecular complexity index is 407. The number of rotatable bonds is 6. The highest BCUT2D eigenvalue weighted by Gasteiger charge is 2.15. The van der Waals surface area contributed by atoms with Gasteiger partial charge in [0.15, 0.2) is 0 Å². The number of carboxylic acid groups (broad SMARTS) is 1. The molecule has 19 heavy (non-hydrogen) atoms. The first-order valence-electron chi connectivity index (χ1n) is 7.06. The maximum atomic E-state index is 10.9. The first-order valence-corrected chi connectivity index (χ1v) is 8.21. The fourth-order valence-corrected chi connectivity index (χ4v) is 3.78. The van der Waals surface area contributed by atoms with E-state index in [0.717, 1.165) is 17.2 Å². The fourth-order valence-electron chi connectivity index (χ4n) is 2.57. The highest BCUT2D eigenvalue weighted by atomic mass is 32.2. The molecule has 1 aromatic rings. The molecule has 1 unspecified atom stereocenters. The van der Waals surface area contributed by atoms with Gasteiger partial charge in [0.05, 0.1) is 5.92 Å². The smallest absolute Gasteiger partial charge is 0.310 e. The third-order valence-corrected chi connectivity index (χ3v) is 5.19. The second kappa shape index (κ2) is 6.99. The average molecular weight is 278 g/mol. The first-order chi connectivity index (χ1) is 9.16. The lowest BCUT2D eigenvalue weighted by Crippen LogP contribution is -2.07. The molecule has 0 amide bonds. The van der Waals surface area contributed by atoms with E-state index in [0.29, 0.717) is 0 Å². The minimum atomic E-state index is -0.761. The largest absolute Gasteiger partial charge is 0.481 e. The van der Waals surface area contributed by atoms with Gasteiger partial charge in [-0.25, -0.2) is 0 Å². The van der Waals surface area contributed by atoms with Crippen molar-refractivity contribution in [3.63, 3.8) is 0 Å². The van der Waals surface area contributed by atoms with Crippen LogP contribution in [0.1, 0.15) is 49.7 Å². The zero-order valence-electron chi connectivity index (χ0n) is 11.5. The highest BCUT2D eigenvalue weighted by Crippen LogP contribution is 2.29. The lowest BCUT2D eigenvalue weighted by Gasteiger charge is -2.10. The lowest BCUT2D eigenvalue weighted by atomic mass is 10.0. The summed E-state index contributed by atoms with van der Waals surface area (Å²) in [6, 6.07) is 8.03. The van der Waals surface area contributed by atoms with Crippen molar-refractivity contribution in [2.75, 3.05) is 5.75 Å². The summed E-state index contributed by atoms with van der Waals surface area (Å²) in [7, 11) is 0. The van der Waals surface area contributed by atoms with Crippen molar-refractivity contribution in [2.45, 2.75) is 44.3 Å². The number of thioether (sulfide) groups is 1. The van der Waals surface area contributed by atoms with Crippen LogP contribution in [0.25, 0.3) is 0 Å². The second-order valence-corrected chi connectivity index (χ2v) is 6.50. The zero-order valence-corrected chi connectivity index (χ0v) is 12.3. The molecule has 0 bridgehead atoms. The normalized spacial score (nSPS) is 17.5. The Morgan fingerprint density at radius 1 is 1.32 bits per heavy atom. The van der Waals surface area contributed by atoms with Crippen molar-refractivity contribution in [3.05, 3.63) is 35.4 Å². The standard InChI is InChI=1S/C16H22O2S/c1-12(16(17)18)15-8-6-14(7-9-15)11-19-10-13-4-2-3-5-13/h6-9,12-13H,2-5,10-11H2,1H3,(H,17,18). The van der Waals surface area contributed by atoms with Crippen LogP contribution in [0.15, 0.2) is 24.3 Å². The van der Waals surface area contributed by atoms with Crippen molar-refractivity contribution in [2.24, 2.45) is 5.92 Å². The van der Waals surface area contributed by atoms with Crippen molar-refractivity contribution in [1.82, 2.24) is 0 Å². The molecule has 1 fully saturated rings. The molecule has 3 heteroatoms. The van der Waals surface area contributed by atoms with Crippen LogP contribution in [0.3, 0.4) is 0 Å². The maximum Gasteiger partial charge on any atom is 0.310 e. The SMILES string of the molecule is CC(C(=O)O)c1ccc(CSCC2CCCC2)cc1. The molecule has 1 aliphatic carbocycles. The third-order valence-electron chi connectivity index (χ3n) is 3.95. The monoisotopic (exact) mass is 278 g/mol. The molecule has 1 atom stereocenters. The Kier molecular flexibility index (Phi) is 5.32. The summed E-state index contributed by atoms with van der Waals surface area (Å²) in [5.74, 6) is 2.06. The van der Waals surface area contributed by atoms with Crippen LogP contribution < -0.4 is 0 Å². The summed E-state index contributed by atoms with van der Waals surface area (Å²) in [5, 5.41) is 8.96. The molecule has 1 aliphatic rings. The average Bonchev–Trinajstić information content (AvgIpc) is 2.92. The number of hydrogen-bond donors (Lipinski definition) is 1. The molecular formula is C16H22O2S. The molecule has 0 aliphatic heterocycles. The van der Waals surface area contributed by atoms with E-state index in [9.17, 15) is 4.79 Å². The summed E-state index contributed by atoms with van der Waals surface area (Å²) in [5.41, 5.74) is 2.18. The molecule has 1 N–H and O–H groups in total. The van der Waals surface area contributed by atoms with Gasteiger partial charge in [-0.15, -0.1) is 0 Å². The minimum absolute atomic E-state index is 0.416. The molecule has 0 heterocycles. The Morgan fingerprint density at radius 3 is 2.53 bits per heavy atom. The predicted octanol–water partition coefficient (Wildman–Crippen LogP) is 4.30. The van der Waals surface area contributed by atoms with E-state index in [1.165, 1.54) is 37.0 Å². The van der Waals surface area contributed by atoms with Gasteiger partial charge in [-0.1, -0.05) is 37.1 Å². The van der Waals surface area contributed by atoms with E-state index in [4.69, 9.17) is 5.11 Å². The number of carboxylic acids is 1. The van der Waals surface area contributed by atoms with Crippen LogP contribution in [0.2, 0.25) is 0 Å². The van der Waals surface area contributed by atoms with E-state index < -0.39 is 11.9 Å². The summed E-state index contributed by atoms with van der Waals surface area (Å²) in [4.78, 5) is 10.9. The van der Waals surface area contributed by atoms with Gasteiger partial charge in [-0.2, -0.15) is 11.8 Å². The minimum Gasteiger partial charge on any atom is -0.481 e. The molecule has 0 aromatic heterocycles. The Morgan fingerprint density at radius 2 is 1.95 bits per heavy atom. The van der Waals surface area contributed by atoms with Crippen LogP contribution >= 0.6 is 11.8 Å². The fraction of sp³-hybridized carbons (Fsp3) is 0.562. The van der Waals surface area contributed by atoms with Gasteiger partial charge in [-0.3, -0.25) is 4.79 Å². The van der Waals surface area contributed by atoms with Crippen LogP contribution in [-0.2, 0) is 10.5 Å². The topological polar surface area (TPSA) is 37.3 Å². The molecule has 2 nitrogen and oxygen atoms in total. The van der Waals surface area contributed by atoms with Crippen LogP contribution in [0.4, 0.5) is 0 Å². The predicted molar refractivity (Wildman–Crippen MR) is 80.6 cm³/mol. The van der Waals surface area contributed by atoms with Crippen molar-refractivity contribution >= 4 is 17.7 Å². The van der Waals surface area contributed by atoms with Crippen LogP contribution in [0, 0.1) is 5.92 Å². The summed E-state index contributed by atoms with van der Waals surface area (Å²) >= 11 is 2.01. The Balaban J connectivity index is 1.79. The quantitative estimate of drug-likeness (QED) is 0.843. The number of hydrogen-bond acceptors (Lipinski definition) is 2. The summed E-state index contributed by atoms with van der Waals surface area (Å²) < 4.78 is 0. The zero-order chi connectivity index (χ0) is 13.7. The van der Waals surface area contributed by atoms with E-state index in [-0.39, 0.29) is 0 Å². The van der Waals surface area contributed by atoms with Crippen molar-refractivity contribution < 1.29 is 9.90 Å². The van der Waals surface area contributed by atoms with Crippen molar-refractivity contribution in [3.8, 4) is 0 Å². The molecule has 1 saturated carbocycles. The van der Waals surface area contributed by atoms with Crippen LogP contribution in [0.5, 0.6) is 0 Å². The lowest BCUT2D eigenvalue weighted by molar-refractivity contribution is -0.138. The van der Waals surface area contributed by atoms with Crippen molar-refractivity contribution in [1.29, 1.82) is 0 Å². The first kappa shape index (κ1) is 14.4. The Labute approximate surface area is 119 Å². The molecule has 0 spiro atoms. The molecule has 0 radical (unpaired) electrons. The summed E-state index contributed by atoms with van der Waals surface area (Å²) in [6.07, 6.45) is 5.63. The molecule has 2 rings (SSSR count). The van der Waals surface area contributed by atoms with E-state index >= 15 is 0 Å². The van der Waals surface area contributed by atoms with Gasteiger partial charge in [-0.05, 0) is 42.6 Å². The number of benzene rings is 1. The summed E-state index contributed by atoms with van der Waals surface area (Å²) in [6.45, 7) is 1.73. The maximum absolute atomic E-state index is 10.9. The molecule has 0 saturated heterocycles. The van der Waals surface area contributed by atoms with Gasteiger partial charge in [0, 0.05) is 5.75 Å².